The summed E-state index contributed by atoms with van der Waals surface area (Å²) in [6, 6.07) is 15.6. The average Bonchev–Trinajstić information content (AvgIpc) is 2.56. The molecule has 0 heterocycles. The fourth-order valence-corrected chi connectivity index (χ4v) is 4.15. The van der Waals surface area contributed by atoms with E-state index in [4.69, 9.17) is 16.9 Å². The highest BCUT2D eigenvalue weighted by Gasteiger charge is 2.17. The lowest BCUT2D eigenvalue weighted by Gasteiger charge is -2.08. The van der Waals surface area contributed by atoms with Gasteiger partial charge in [-0.3, -0.25) is 0 Å². The quantitative estimate of drug-likeness (QED) is 0.762. The van der Waals surface area contributed by atoms with Crippen molar-refractivity contribution in [2.45, 2.75) is 10.6 Å². The first-order chi connectivity index (χ1) is 11.0. The summed E-state index contributed by atoms with van der Waals surface area (Å²) < 4.78 is 26.9. The van der Waals surface area contributed by atoms with Crippen LogP contribution in [0.4, 0.5) is 0 Å². The molecule has 7 heteroatoms. The van der Waals surface area contributed by atoms with Gasteiger partial charge in [0.05, 0.1) is 10.5 Å². The Morgan fingerprint density at radius 1 is 1.13 bits per heavy atom. The van der Waals surface area contributed by atoms with Crippen molar-refractivity contribution in [3.63, 3.8) is 0 Å². The molecule has 0 aliphatic rings. The highest BCUT2D eigenvalue weighted by Crippen LogP contribution is 2.16. The van der Waals surface area contributed by atoms with E-state index in [2.05, 4.69) is 4.72 Å². The van der Waals surface area contributed by atoms with Gasteiger partial charge in [-0.15, -0.1) is 0 Å². The van der Waals surface area contributed by atoms with E-state index in [1.807, 2.05) is 30.3 Å². The van der Waals surface area contributed by atoms with Crippen LogP contribution in [0.15, 0.2) is 53.4 Å². The van der Waals surface area contributed by atoms with Gasteiger partial charge in [0.15, 0.2) is 0 Å². The van der Waals surface area contributed by atoms with E-state index in [-0.39, 0.29) is 10.5 Å². The summed E-state index contributed by atoms with van der Waals surface area (Å²) in [4.78, 5) is 0.0187. The number of benzene rings is 2. The van der Waals surface area contributed by atoms with Crippen LogP contribution in [0.2, 0.25) is 5.02 Å². The molecule has 2 aromatic rings. The molecule has 0 spiro atoms. The molecule has 1 N–H and O–H groups in total. The molecular formula is C16H15ClN2O2S2. The summed E-state index contributed by atoms with van der Waals surface area (Å²) in [6.07, 6.45) is 0. The van der Waals surface area contributed by atoms with Gasteiger partial charge in [-0.2, -0.15) is 17.0 Å². The molecule has 0 aliphatic carbocycles. The van der Waals surface area contributed by atoms with Crippen LogP contribution in [0, 0.1) is 11.3 Å². The topological polar surface area (TPSA) is 70.0 Å². The first kappa shape index (κ1) is 17.8. The van der Waals surface area contributed by atoms with Gasteiger partial charge in [-0.25, -0.2) is 13.1 Å². The fraction of sp³-hybridized carbons (Fsp3) is 0.188. The summed E-state index contributed by atoms with van der Waals surface area (Å²) >= 11 is 7.45. The van der Waals surface area contributed by atoms with Crippen LogP contribution in [-0.4, -0.2) is 20.7 Å². The second kappa shape index (κ2) is 8.37. The van der Waals surface area contributed by atoms with Crippen molar-refractivity contribution in [3.05, 3.63) is 64.7 Å². The molecule has 0 unspecified atom stereocenters. The lowest BCUT2D eigenvalue weighted by atomic mass is 10.2. The molecule has 23 heavy (non-hydrogen) atoms. The smallest absolute Gasteiger partial charge is 0.210 e. The van der Waals surface area contributed by atoms with E-state index in [0.29, 0.717) is 17.3 Å². The minimum atomic E-state index is -3.66. The zero-order valence-corrected chi connectivity index (χ0v) is 14.6. The number of nitrogens with zero attached hydrogens (tertiary/aromatic N) is 1. The van der Waals surface area contributed by atoms with E-state index in [0.717, 1.165) is 11.3 Å². The molecule has 0 aromatic heterocycles. The number of hydrogen-bond acceptors (Lipinski definition) is 4. The lowest BCUT2D eigenvalue weighted by Crippen LogP contribution is -2.26. The van der Waals surface area contributed by atoms with Crippen molar-refractivity contribution in [2.24, 2.45) is 0 Å². The van der Waals surface area contributed by atoms with Gasteiger partial charge in [0.25, 0.3) is 0 Å². The molecule has 0 amide bonds. The van der Waals surface area contributed by atoms with Gasteiger partial charge in [-0.1, -0.05) is 35.9 Å². The molecule has 0 bridgehead atoms. The second-order valence-electron chi connectivity index (χ2n) is 4.68. The summed E-state index contributed by atoms with van der Waals surface area (Å²) in [6.45, 7) is 0.306. The Morgan fingerprint density at radius 2 is 1.83 bits per heavy atom. The molecule has 0 fully saturated rings. The fourth-order valence-electron chi connectivity index (χ4n) is 1.89. The predicted octanol–water partition coefficient (Wildman–Crippen LogP) is 3.42. The van der Waals surface area contributed by atoms with Gasteiger partial charge in [0.2, 0.25) is 10.0 Å². The molecule has 0 saturated heterocycles. The molecular weight excluding hydrogens is 352 g/mol. The third kappa shape index (κ3) is 5.26. The summed E-state index contributed by atoms with van der Waals surface area (Å²) in [5.74, 6) is 1.42. The van der Waals surface area contributed by atoms with Gasteiger partial charge in [0, 0.05) is 23.1 Å². The van der Waals surface area contributed by atoms with E-state index >= 15 is 0 Å². The molecule has 0 saturated carbocycles. The number of nitriles is 1. The third-order valence-corrected chi connectivity index (χ3v) is 5.82. The highest BCUT2D eigenvalue weighted by molar-refractivity contribution is 7.98. The van der Waals surface area contributed by atoms with E-state index in [1.165, 1.54) is 12.1 Å². The Morgan fingerprint density at radius 3 is 2.52 bits per heavy atom. The van der Waals surface area contributed by atoms with Crippen molar-refractivity contribution in [3.8, 4) is 6.07 Å². The number of halogens is 1. The Hall–Kier alpha value is -1.52. The molecule has 120 valence electrons. The Kier molecular flexibility index (Phi) is 6.48. The van der Waals surface area contributed by atoms with Crippen LogP contribution in [0.5, 0.6) is 0 Å². The van der Waals surface area contributed by atoms with E-state index in [1.54, 1.807) is 23.9 Å². The number of sulfonamides is 1. The van der Waals surface area contributed by atoms with Crippen molar-refractivity contribution in [1.82, 2.24) is 4.72 Å². The van der Waals surface area contributed by atoms with Gasteiger partial charge in [-0.05, 0) is 29.8 Å². The molecule has 0 radical (unpaired) electrons. The molecule has 0 atom stereocenters. The molecule has 2 aromatic carbocycles. The van der Waals surface area contributed by atoms with Gasteiger partial charge >= 0.3 is 0 Å². The molecule has 0 aliphatic heterocycles. The van der Waals surface area contributed by atoms with Crippen molar-refractivity contribution in [1.29, 1.82) is 5.26 Å². The zero-order valence-electron chi connectivity index (χ0n) is 12.2. The van der Waals surface area contributed by atoms with Crippen LogP contribution in [0.25, 0.3) is 0 Å². The number of rotatable bonds is 7. The molecule has 2 rings (SSSR count). The summed E-state index contributed by atoms with van der Waals surface area (Å²) in [5.41, 5.74) is 1.28. The third-order valence-electron chi connectivity index (χ3n) is 3.02. The average molecular weight is 367 g/mol. The van der Waals surface area contributed by atoms with Gasteiger partial charge < -0.3 is 0 Å². The van der Waals surface area contributed by atoms with Crippen LogP contribution >= 0.6 is 23.4 Å². The number of nitrogens with one attached hydrogen (secondary N) is 1. The second-order valence-corrected chi connectivity index (χ2v) is 7.96. The SMILES string of the molecule is N#Cc1ccccc1S(=O)(=O)NCCSCc1ccc(Cl)cc1. The first-order valence-corrected chi connectivity index (χ1v) is 9.85. The standard InChI is InChI=1S/C16H15ClN2O2S2/c17-15-7-5-13(6-8-15)12-22-10-9-19-23(20,21)16-4-2-1-3-14(16)11-18/h1-8,19H,9-10,12H2. The maximum Gasteiger partial charge on any atom is 0.241 e. The minimum Gasteiger partial charge on any atom is -0.210 e. The van der Waals surface area contributed by atoms with Crippen LogP contribution < -0.4 is 4.72 Å². The van der Waals surface area contributed by atoms with Crippen molar-refractivity contribution >= 4 is 33.4 Å². The summed E-state index contributed by atoms with van der Waals surface area (Å²) in [5, 5.41) is 9.68. The monoisotopic (exact) mass is 366 g/mol. The van der Waals surface area contributed by atoms with Crippen LogP contribution in [-0.2, 0) is 15.8 Å². The summed E-state index contributed by atoms with van der Waals surface area (Å²) in [7, 11) is -3.66. The largest absolute Gasteiger partial charge is 0.241 e. The lowest BCUT2D eigenvalue weighted by molar-refractivity contribution is 0.584. The van der Waals surface area contributed by atoms with Crippen LogP contribution in [0.1, 0.15) is 11.1 Å². The molecule has 4 nitrogen and oxygen atoms in total. The Balaban J connectivity index is 1.83. The predicted molar refractivity (Wildman–Crippen MR) is 94.0 cm³/mol. The maximum atomic E-state index is 12.2. The van der Waals surface area contributed by atoms with Crippen molar-refractivity contribution < 1.29 is 8.42 Å². The highest BCUT2D eigenvalue weighted by atomic mass is 35.5. The Bertz CT molecular complexity index is 800. The van der Waals surface area contributed by atoms with Crippen LogP contribution in [0.3, 0.4) is 0 Å². The Labute approximate surface area is 145 Å². The zero-order chi connectivity index (χ0) is 16.7. The van der Waals surface area contributed by atoms with E-state index < -0.39 is 10.0 Å². The maximum absolute atomic E-state index is 12.2. The van der Waals surface area contributed by atoms with E-state index in [9.17, 15) is 8.42 Å². The van der Waals surface area contributed by atoms with Crippen molar-refractivity contribution in [2.75, 3.05) is 12.3 Å². The first-order valence-electron chi connectivity index (χ1n) is 6.84. The normalized spacial score (nSPS) is 11.1. The number of hydrogen-bond donors (Lipinski definition) is 1. The number of thioether (sulfide) groups is 1. The van der Waals surface area contributed by atoms with Gasteiger partial charge in [0.1, 0.15) is 6.07 Å². The minimum absolute atomic E-state index is 0.0187.